The molecule has 0 aromatic heterocycles. The zero-order valence-electron chi connectivity index (χ0n) is 16.1. The fourth-order valence-corrected chi connectivity index (χ4v) is 4.69. The largest absolute Gasteiger partial charge is 0.342 e. The maximum Gasteiger partial charge on any atom is 0.227 e. The molecule has 3 aliphatic heterocycles. The minimum atomic E-state index is -0.163. The molecular weight excluding hydrogens is 362 g/mol. The van der Waals surface area contributed by atoms with E-state index in [4.69, 9.17) is 0 Å². The Morgan fingerprint density at radius 2 is 1.89 bits per heavy atom. The number of aryl methyl sites for hydroxylation is 1. The quantitative estimate of drug-likeness (QED) is 0.860. The number of amides is 2. The molecule has 4 rings (SSSR count). The number of hydrogen-bond donors (Lipinski definition) is 1. The first kappa shape index (κ1) is 20.2. The van der Waals surface area contributed by atoms with Crippen molar-refractivity contribution < 1.29 is 9.59 Å². The van der Waals surface area contributed by atoms with Crippen LogP contribution >= 0.6 is 12.4 Å². The molecule has 0 saturated carbocycles. The normalized spacial score (nSPS) is 24.3. The monoisotopic (exact) mass is 391 g/mol. The average molecular weight is 392 g/mol. The molecule has 3 heterocycles. The van der Waals surface area contributed by atoms with Crippen molar-refractivity contribution in [3.8, 4) is 0 Å². The summed E-state index contributed by atoms with van der Waals surface area (Å²) >= 11 is 0. The second-order valence-corrected chi connectivity index (χ2v) is 8.41. The first-order chi connectivity index (χ1) is 12.5. The molecule has 3 aliphatic rings. The van der Waals surface area contributed by atoms with Crippen LogP contribution in [-0.2, 0) is 16.1 Å². The van der Waals surface area contributed by atoms with Gasteiger partial charge in [0.1, 0.15) is 0 Å². The molecule has 148 valence electrons. The van der Waals surface area contributed by atoms with Crippen LogP contribution in [0.1, 0.15) is 36.8 Å². The molecule has 0 radical (unpaired) electrons. The fourth-order valence-electron chi connectivity index (χ4n) is 4.69. The summed E-state index contributed by atoms with van der Waals surface area (Å²) < 4.78 is 0. The highest BCUT2D eigenvalue weighted by Crippen LogP contribution is 2.37. The summed E-state index contributed by atoms with van der Waals surface area (Å²) in [6.07, 6.45) is 3.80. The van der Waals surface area contributed by atoms with Crippen LogP contribution in [0.3, 0.4) is 0 Å². The summed E-state index contributed by atoms with van der Waals surface area (Å²) in [4.78, 5) is 29.2. The minimum Gasteiger partial charge on any atom is -0.342 e. The van der Waals surface area contributed by atoms with Gasteiger partial charge in [0.05, 0.1) is 5.92 Å². The van der Waals surface area contributed by atoms with E-state index < -0.39 is 0 Å². The Morgan fingerprint density at radius 3 is 2.52 bits per heavy atom. The molecule has 2 amide bonds. The first-order valence-corrected chi connectivity index (χ1v) is 9.88. The van der Waals surface area contributed by atoms with Gasteiger partial charge in [-0.05, 0) is 43.7 Å². The molecule has 6 heteroatoms. The van der Waals surface area contributed by atoms with Crippen molar-refractivity contribution in [3.05, 3.63) is 35.4 Å². The van der Waals surface area contributed by atoms with Crippen LogP contribution in [-0.4, -0.2) is 54.3 Å². The number of carbonyl (C=O) groups excluding carboxylic acids is 2. The van der Waals surface area contributed by atoms with Crippen molar-refractivity contribution in [2.45, 2.75) is 39.2 Å². The molecule has 1 aromatic rings. The van der Waals surface area contributed by atoms with Crippen molar-refractivity contribution in [2.24, 2.45) is 11.3 Å². The topological polar surface area (TPSA) is 52.7 Å². The standard InChI is InChI=1S/C21H29N3O2.ClH/c1-16-2-4-17(5-3-16)13-24-14-18(12-19(24)25)20(26)23-10-7-21(8-11-23)6-9-22-15-21;/h2-5,18,22H,6-15H2,1H3;1H. The first-order valence-electron chi connectivity index (χ1n) is 9.88. The number of rotatable bonds is 3. The van der Waals surface area contributed by atoms with E-state index in [2.05, 4.69) is 36.5 Å². The lowest BCUT2D eigenvalue weighted by Crippen LogP contribution is -2.46. The molecule has 0 bridgehead atoms. The Morgan fingerprint density at radius 1 is 1.19 bits per heavy atom. The van der Waals surface area contributed by atoms with Gasteiger partial charge in [-0.3, -0.25) is 9.59 Å². The number of hydrogen-bond acceptors (Lipinski definition) is 3. The second kappa shape index (κ2) is 8.19. The van der Waals surface area contributed by atoms with E-state index in [1.54, 1.807) is 0 Å². The van der Waals surface area contributed by atoms with Gasteiger partial charge in [0.15, 0.2) is 0 Å². The van der Waals surface area contributed by atoms with Gasteiger partial charge in [0.25, 0.3) is 0 Å². The van der Waals surface area contributed by atoms with Crippen LogP contribution in [0.25, 0.3) is 0 Å². The number of piperidine rings is 1. The van der Waals surface area contributed by atoms with Crippen LogP contribution in [0.5, 0.6) is 0 Å². The molecule has 5 nitrogen and oxygen atoms in total. The molecule has 3 saturated heterocycles. The summed E-state index contributed by atoms with van der Waals surface area (Å²) in [5.41, 5.74) is 2.76. The highest BCUT2D eigenvalue weighted by molar-refractivity contribution is 5.89. The summed E-state index contributed by atoms with van der Waals surface area (Å²) in [5, 5.41) is 3.47. The summed E-state index contributed by atoms with van der Waals surface area (Å²) in [7, 11) is 0. The zero-order valence-corrected chi connectivity index (χ0v) is 16.9. The summed E-state index contributed by atoms with van der Waals surface area (Å²) in [6, 6.07) is 8.27. The lowest BCUT2D eigenvalue weighted by Gasteiger charge is -2.39. The fraction of sp³-hybridized carbons (Fsp3) is 0.619. The smallest absolute Gasteiger partial charge is 0.227 e. The number of nitrogens with one attached hydrogen (secondary N) is 1. The Labute approximate surface area is 167 Å². The predicted octanol–water partition coefficient (Wildman–Crippen LogP) is 2.37. The number of nitrogens with zero attached hydrogens (tertiary/aromatic N) is 2. The van der Waals surface area contributed by atoms with Gasteiger partial charge in [0.2, 0.25) is 11.8 Å². The maximum atomic E-state index is 12.9. The van der Waals surface area contributed by atoms with E-state index in [1.165, 1.54) is 12.0 Å². The van der Waals surface area contributed by atoms with E-state index in [0.717, 1.165) is 44.6 Å². The third kappa shape index (κ3) is 4.30. The van der Waals surface area contributed by atoms with Gasteiger partial charge in [-0.2, -0.15) is 0 Å². The molecule has 1 aromatic carbocycles. The Kier molecular flexibility index (Phi) is 6.11. The third-order valence-corrected chi connectivity index (χ3v) is 6.53. The van der Waals surface area contributed by atoms with Crippen LogP contribution in [0.2, 0.25) is 0 Å². The van der Waals surface area contributed by atoms with Gasteiger partial charge in [-0.1, -0.05) is 29.8 Å². The lowest BCUT2D eigenvalue weighted by molar-refractivity contribution is -0.138. The van der Waals surface area contributed by atoms with Gasteiger partial charge >= 0.3 is 0 Å². The van der Waals surface area contributed by atoms with Crippen molar-refractivity contribution in [2.75, 3.05) is 32.7 Å². The van der Waals surface area contributed by atoms with E-state index in [1.807, 2.05) is 9.80 Å². The van der Waals surface area contributed by atoms with Crippen molar-refractivity contribution in [1.29, 1.82) is 0 Å². The Bertz CT molecular complexity index is 675. The zero-order chi connectivity index (χ0) is 18.1. The van der Waals surface area contributed by atoms with Gasteiger partial charge < -0.3 is 15.1 Å². The van der Waals surface area contributed by atoms with Crippen molar-refractivity contribution >= 4 is 24.2 Å². The Balaban J connectivity index is 0.00000210. The molecule has 3 fully saturated rings. The van der Waals surface area contributed by atoms with Gasteiger partial charge in [-0.25, -0.2) is 0 Å². The van der Waals surface area contributed by atoms with Crippen LogP contribution < -0.4 is 5.32 Å². The number of likely N-dealkylation sites (tertiary alicyclic amines) is 2. The minimum absolute atomic E-state index is 0. The molecule has 0 aliphatic carbocycles. The maximum absolute atomic E-state index is 12.9. The van der Waals surface area contributed by atoms with Crippen molar-refractivity contribution in [3.63, 3.8) is 0 Å². The van der Waals surface area contributed by atoms with Gasteiger partial charge in [-0.15, -0.1) is 12.4 Å². The molecule has 27 heavy (non-hydrogen) atoms. The lowest BCUT2D eigenvalue weighted by atomic mass is 9.77. The molecule has 1 spiro atoms. The van der Waals surface area contributed by atoms with E-state index in [0.29, 0.717) is 24.9 Å². The van der Waals surface area contributed by atoms with Crippen molar-refractivity contribution in [1.82, 2.24) is 15.1 Å². The average Bonchev–Trinajstić information content (AvgIpc) is 3.24. The van der Waals surface area contributed by atoms with Crippen LogP contribution in [0, 0.1) is 18.3 Å². The molecule has 1 unspecified atom stereocenters. The molecule has 1 N–H and O–H groups in total. The predicted molar refractivity (Wildman–Crippen MR) is 108 cm³/mol. The molecular formula is C21H30ClN3O2. The van der Waals surface area contributed by atoms with Crippen LogP contribution in [0.4, 0.5) is 0 Å². The number of benzene rings is 1. The van der Waals surface area contributed by atoms with Gasteiger partial charge in [0, 0.05) is 39.1 Å². The van der Waals surface area contributed by atoms with E-state index in [9.17, 15) is 9.59 Å². The number of halogens is 1. The third-order valence-electron chi connectivity index (χ3n) is 6.53. The number of carbonyl (C=O) groups is 2. The highest BCUT2D eigenvalue weighted by atomic mass is 35.5. The second-order valence-electron chi connectivity index (χ2n) is 8.41. The van der Waals surface area contributed by atoms with E-state index in [-0.39, 0.29) is 30.1 Å². The van der Waals surface area contributed by atoms with Crippen LogP contribution in [0.15, 0.2) is 24.3 Å². The summed E-state index contributed by atoms with van der Waals surface area (Å²) in [6.45, 7) is 7.14. The molecule has 1 atom stereocenters. The highest BCUT2D eigenvalue weighted by Gasteiger charge is 2.41. The Hall–Kier alpha value is -1.59. The summed E-state index contributed by atoms with van der Waals surface area (Å²) in [5.74, 6) is 0.131. The SMILES string of the molecule is Cc1ccc(CN2CC(C(=O)N3CCC4(CCNC4)CC3)CC2=O)cc1.Cl. The van der Waals surface area contributed by atoms with E-state index >= 15 is 0 Å².